The van der Waals surface area contributed by atoms with E-state index >= 15 is 0 Å². The van der Waals surface area contributed by atoms with Crippen LogP contribution in [0.1, 0.15) is 0 Å². The Labute approximate surface area is 167 Å². The minimum atomic E-state index is 0.748. The molecular formula is C22H21N7. The first-order valence-corrected chi connectivity index (χ1v) is 9.90. The van der Waals surface area contributed by atoms with Crippen LogP contribution in [0.4, 0.5) is 5.69 Å². The maximum absolute atomic E-state index is 4.53. The number of hydrogen-bond acceptors (Lipinski definition) is 5. The van der Waals surface area contributed by atoms with E-state index in [1.54, 1.807) is 12.5 Å². The largest absolute Gasteiger partial charge is 0.369 e. The molecule has 0 bridgehead atoms. The Balaban J connectivity index is 1.61. The zero-order valence-corrected chi connectivity index (χ0v) is 16.2. The molecule has 0 atom stereocenters. The van der Waals surface area contributed by atoms with Crippen LogP contribution in [0.2, 0.25) is 0 Å². The monoisotopic (exact) mass is 383 g/mol. The zero-order valence-electron chi connectivity index (χ0n) is 16.2. The molecule has 0 aliphatic carbocycles. The normalized spacial score (nSPS) is 15.7. The highest BCUT2D eigenvalue weighted by atomic mass is 15.2. The number of nitrogens with one attached hydrogen (secondary N) is 1. The van der Waals surface area contributed by atoms with Gasteiger partial charge >= 0.3 is 0 Å². The number of piperazine rings is 1. The summed E-state index contributed by atoms with van der Waals surface area (Å²) in [5.74, 6) is 0. The van der Waals surface area contributed by atoms with Crippen molar-refractivity contribution in [3.8, 4) is 11.1 Å². The molecule has 0 amide bonds. The highest BCUT2D eigenvalue weighted by Crippen LogP contribution is 2.37. The van der Waals surface area contributed by atoms with Crippen LogP contribution >= 0.6 is 0 Å². The molecule has 5 aromatic rings. The van der Waals surface area contributed by atoms with Crippen molar-refractivity contribution in [2.45, 2.75) is 0 Å². The molecule has 6 rings (SSSR count). The van der Waals surface area contributed by atoms with Crippen molar-refractivity contribution in [2.24, 2.45) is 0 Å². The quantitative estimate of drug-likeness (QED) is 0.507. The third-order valence-corrected chi connectivity index (χ3v) is 5.96. The summed E-state index contributed by atoms with van der Waals surface area (Å²) in [5.41, 5.74) is 6.17. The lowest BCUT2D eigenvalue weighted by Gasteiger charge is -2.34. The van der Waals surface area contributed by atoms with E-state index in [1.807, 2.05) is 10.6 Å². The van der Waals surface area contributed by atoms with Gasteiger partial charge in [-0.2, -0.15) is 0 Å². The van der Waals surface area contributed by atoms with Crippen LogP contribution < -0.4 is 4.90 Å². The average Bonchev–Trinajstić information content (AvgIpc) is 3.40. The van der Waals surface area contributed by atoms with E-state index in [0.29, 0.717) is 0 Å². The summed E-state index contributed by atoms with van der Waals surface area (Å²) in [4.78, 5) is 12.7. The number of benzene rings is 2. The lowest BCUT2D eigenvalue weighted by atomic mass is 9.98. The zero-order chi connectivity index (χ0) is 19.4. The number of fused-ring (bicyclic) bond motifs is 4. The average molecular weight is 383 g/mol. The molecular weight excluding hydrogens is 362 g/mol. The fourth-order valence-electron chi connectivity index (χ4n) is 4.34. The summed E-state index contributed by atoms with van der Waals surface area (Å²) in [5, 5.41) is 10.7. The number of likely N-dealkylation sites (N-methyl/N-ethyl adjacent to an activating group) is 1. The topological polar surface area (TPSA) is 65.3 Å². The standard InChI is InChI=1S/C22H21N7/c1-27-6-8-28(9-7-27)16-10-15-4-2-3-5-17(15)18(11-16)19-12-23-22-21(19)29-14-25-26-20(29)13-24-22/h2-5,10-14,23H,6-9H2,1H3. The molecule has 0 saturated carbocycles. The van der Waals surface area contributed by atoms with Gasteiger partial charge in [-0.15, -0.1) is 10.2 Å². The van der Waals surface area contributed by atoms with Crippen molar-refractivity contribution in [1.82, 2.24) is 29.5 Å². The first kappa shape index (κ1) is 16.5. The lowest BCUT2D eigenvalue weighted by Crippen LogP contribution is -2.44. The maximum atomic E-state index is 4.53. The maximum Gasteiger partial charge on any atom is 0.179 e. The molecule has 0 radical (unpaired) electrons. The number of rotatable bonds is 2. The van der Waals surface area contributed by atoms with Crippen molar-refractivity contribution in [1.29, 1.82) is 0 Å². The van der Waals surface area contributed by atoms with Gasteiger partial charge in [0.05, 0.1) is 6.20 Å². The number of aromatic nitrogens is 5. The van der Waals surface area contributed by atoms with E-state index in [9.17, 15) is 0 Å². The predicted octanol–water partition coefficient (Wildman–Crippen LogP) is 3.18. The van der Waals surface area contributed by atoms with Crippen LogP contribution in [-0.2, 0) is 0 Å². The molecule has 7 heteroatoms. The Morgan fingerprint density at radius 2 is 1.86 bits per heavy atom. The first-order valence-electron chi connectivity index (χ1n) is 9.90. The van der Waals surface area contributed by atoms with Crippen LogP contribution in [0.5, 0.6) is 0 Å². The van der Waals surface area contributed by atoms with Gasteiger partial charge in [0.1, 0.15) is 11.8 Å². The Kier molecular flexibility index (Phi) is 3.57. The Hall–Kier alpha value is -3.45. The van der Waals surface area contributed by atoms with Gasteiger partial charge in [0.2, 0.25) is 0 Å². The summed E-state index contributed by atoms with van der Waals surface area (Å²) in [6.45, 7) is 4.25. The molecule has 4 heterocycles. The number of nitrogens with zero attached hydrogens (tertiary/aromatic N) is 6. The van der Waals surface area contributed by atoms with Crippen LogP contribution in [-0.4, -0.2) is 62.7 Å². The van der Waals surface area contributed by atoms with E-state index in [-0.39, 0.29) is 0 Å². The van der Waals surface area contributed by atoms with Gasteiger partial charge in [-0.1, -0.05) is 24.3 Å². The second-order valence-electron chi connectivity index (χ2n) is 7.72. The van der Waals surface area contributed by atoms with Gasteiger partial charge < -0.3 is 14.8 Å². The first-order chi connectivity index (χ1) is 14.3. The van der Waals surface area contributed by atoms with Gasteiger partial charge in [-0.05, 0) is 35.5 Å². The lowest BCUT2D eigenvalue weighted by molar-refractivity contribution is 0.313. The van der Waals surface area contributed by atoms with Gasteiger partial charge in [-0.3, -0.25) is 4.40 Å². The Morgan fingerprint density at radius 3 is 2.76 bits per heavy atom. The Morgan fingerprint density at radius 1 is 1.00 bits per heavy atom. The number of aromatic amines is 1. The molecule has 0 unspecified atom stereocenters. The summed E-state index contributed by atoms with van der Waals surface area (Å²) < 4.78 is 2.01. The molecule has 1 aliphatic rings. The van der Waals surface area contributed by atoms with Crippen molar-refractivity contribution in [2.75, 3.05) is 38.1 Å². The van der Waals surface area contributed by atoms with E-state index in [1.165, 1.54) is 22.0 Å². The van der Waals surface area contributed by atoms with Crippen molar-refractivity contribution < 1.29 is 0 Å². The highest BCUT2D eigenvalue weighted by molar-refractivity contribution is 6.05. The number of anilines is 1. The van der Waals surface area contributed by atoms with Crippen LogP contribution in [0.3, 0.4) is 0 Å². The van der Waals surface area contributed by atoms with Crippen molar-refractivity contribution >= 4 is 33.3 Å². The van der Waals surface area contributed by atoms with E-state index < -0.39 is 0 Å². The third kappa shape index (κ3) is 2.58. The SMILES string of the molecule is CN1CCN(c2cc(-c3c[nH]c4ncc5nncn5c34)c3ccccc3c2)CC1. The minimum absolute atomic E-state index is 0.748. The summed E-state index contributed by atoms with van der Waals surface area (Å²) in [6.07, 6.45) is 5.55. The summed E-state index contributed by atoms with van der Waals surface area (Å²) in [7, 11) is 2.19. The third-order valence-electron chi connectivity index (χ3n) is 5.96. The smallest absolute Gasteiger partial charge is 0.179 e. The second-order valence-corrected chi connectivity index (χ2v) is 7.72. The van der Waals surface area contributed by atoms with Gasteiger partial charge in [0, 0.05) is 43.6 Å². The van der Waals surface area contributed by atoms with E-state index in [2.05, 4.69) is 73.4 Å². The molecule has 144 valence electrons. The van der Waals surface area contributed by atoms with Crippen LogP contribution in [0.25, 0.3) is 38.7 Å². The van der Waals surface area contributed by atoms with Crippen molar-refractivity contribution in [3.05, 3.63) is 55.1 Å². The van der Waals surface area contributed by atoms with Gasteiger partial charge in [0.25, 0.3) is 0 Å². The predicted molar refractivity (Wildman–Crippen MR) is 115 cm³/mol. The molecule has 1 N–H and O–H groups in total. The highest BCUT2D eigenvalue weighted by Gasteiger charge is 2.19. The molecule has 2 aromatic carbocycles. The minimum Gasteiger partial charge on any atom is -0.369 e. The van der Waals surface area contributed by atoms with Gasteiger partial charge in [-0.25, -0.2) is 4.98 Å². The number of hydrogen-bond donors (Lipinski definition) is 1. The molecule has 7 nitrogen and oxygen atoms in total. The van der Waals surface area contributed by atoms with E-state index in [4.69, 9.17) is 0 Å². The second kappa shape index (κ2) is 6.28. The fraction of sp³-hybridized carbons (Fsp3) is 0.227. The molecule has 3 aromatic heterocycles. The summed E-state index contributed by atoms with van der Waals surface area (Å²) >= 11 is 0. The van der Waals surface area contributed by atoms with Crippen molar-refractivity contribution in [3.63, 3.8) is 0 Å². The molecule has 1 fully saturated rings. The van der Waals surface area contributed by atoms with Gasteiger partial charge in [0.15, 0.2) is 11.3 Å². The van der Waals surface area contributed by atoms with Crippen LogP contribution in [0, 0.1) is 0 Å². The van der Waals surface area contributed by atoms with E-state index in [0.717, 1.165) is 48.6 Å². The molecule has 1 aliphatic heterocycles. The molecule has 1 saturated heterocycles. The number of H-pyrrole nitrogens is 1. The summed E-state index contributed by atoms with van der Waals surface area (Å²) in [6, 6.07) is 13.2. The molecule has 29 heavy (non-hydrogen) atoms. The Bertz CT molecular complexity index is 1340. The molecule has 0 spiro atoms. The van der Waals surface area contributed by atoms with Crippen LogP contribution in [0.15, 0.2) is 55.1 Å². The fourth-order valence-corrected chi connectivity index (χ4v) is 4.34.